The maximum Gasteiger partial charge on any atom is 0.424 e. The van der Waals surface area contributed by atoms with Gasteiger partial charge in [0.05, 0.1) is 11.7 Å². The minimum absolute atomic E-state index is 0.0266. The van der Waals surface area contributed by atoms with Gasteiger partial charge in [0.25, 0.3) is 11.8 Å². The zero-order chi connectivity index (χ0) is 42.1. The molecule has 0 bridgehead atoms. The van der Waals surface area contributed by atoms with Crippen LogP contribution in [-0.4, -0.2) is 88.1 Å². The average Bonchev–Trinajstić information content (AvgIpc) is 3.45. The highest BCUT2D eigenvalue weighted by molar-refractivity contribution is 6.14. The second-order valence-corrected chi connectivity index (χ2v) is 16.2. The third kappa shape index (κ3) is 12.5. The molecule has 4 rings (SSSR count). The summed E-state index contributed by atoms with van der Waals surface area (Å²) in [4.78, 5) is 94.2. The molecule has 2 aromatic carbocycles. The fourth-order valence-corrected chi connectivity index (χ4v) is 6.30. The zero-order valence-electron chi connectivity index (χ0n) is 34.0. The molecule has 2 aliphatic rings. The van der Waals surface area contributed by atoms with Crippen molar-refractivity contribution in [2.45, 2.75) is 130 Å². The van der Waals surface area contributed by atoms with Gasteiger partial charge in [-0.15, -0.1) is 0 Å². The van der Waals surface area contributed by atoms with E-state index in [1.54, 1.807) is 90.9 Å². The van der Waals surface area contributed by atoms with Crippen LogP contribution in [0.2, 0.25) is 0 Å². The van der Waals surface area contributed by atoms with Crippen LogP contribution < -0.4 is 21.3 Å². The summed E-state index contributed by atoms with van der Waals surface area (Å²) in [6.45, 7) is 12.5. The van der Waals surface area contributed by atoms with Gasteiger partial charge in [-0.25, -0.2) is 14.4 Å². The molecule has 16 nitrogen and oxygen atoms in total. The Morgan fingerprint density at radius 2 is 1.54 bits per heavy atom. The van der Waals surface area contributed by atoms with Crippen LogP contribution in [0.15, 0.2) is 42.5 Å². The van der Waals surface area contributed by atoms with E-state index in [-0.39, 0.29) is 38.4 Å². The molecular formula is C41H56N6O10. The van der Waals surface area contributed by atoms with E-state index in [0.29, 0.717) is 45.9 Å². The molecular weight excluding hydrogens is 736 g/mol. The molecule has 0 radical (unpaired) electrons. The van der Waals surface area contributed by atoms with Crippen molar-refractivity contribution < 1.29 is 47.8 Å². The molecule has 1 unspecified atom stereocenters. The number of hydrogen-bond acceptors (Lipinski definition) is 11. The summed E-state index contributed by atoms with van der Waals surface area (Å²) in [6.07, 6.45) is 1.45. The maximum absolute atomic E-state index is 13.9. The molecule has 2 aromatic rings. The number of ether oxygens (including phenoxy) is 3. The van der Waals surface area contributed by atoms with Gasteiger partial charge in [-0.05, 0) is 97.6 Å². The second-order valence-electron chi connectivity index (χ2n) is 16.2. The van der Waals surface area contributed by atoms with Gasteiger partial charge < -0.3 is 35.5 Å². The lowest BCUT2D eigenvalue weighted by Gasteiger charge is -2.35. The van der Waals surface area contributed by atoms with E-state index in [4.69, 9.17) is 19.9 Å². The van der Waals surface area contributed by atoms with Gasteiger partial charge >= 0.3 is 18.3 Å². The van der Waals surface area contributed by atoms with Crippen molar-refractivity contribution >= 4 is 53.3 Å². The number of amides is 7. The number of unbranched alkanes of at least 4 members (excludes halogenated alkanes) is 4. The first-order valence-electron chi connectivity index (χ1n) is 19.3. The SMILES string of the molecule is C[C@H](N)C(=O)Nc1ccc(COC(=O)N(CCCCCCCNC(=O)OC(C)(C)C)c2cccc3c2CN(C2CCC(=O)N(C(=O)OC(C)(C)C)C2=O)C3=O)cc1. The standard InChI is InChI=1S/C41H56N6O10/c1-26(42)34(49)44-28-18-16-27(17-19-28)25-55-38(53)45(23-12-10-8-9-11-22-43-37(52)56-40(2,3)4)31-15-13-14-29-30(31)24-46(35(29)50)32-20-21-33(48)47(36(32)51)39(54)57-41(5,6)7/h13-19,26,32H,8-12,20-25,42H2,1-7H3,(H,43,52)(H,44,49)/t26-,32?/m0/s1. The molecule has 1 fully saturated rings. The van der Waals surface area contributed by atoms with Gasteiger partial charge in [0.2, 0.25) is 11.8 Å². The van der Waals surface area contributed by atoms with E-state index in [9.17, 15) is 33.6 Å². The minimum atomic E-state index is -1.10. The van der Waals surface area contributed by atoms with Crippen LogP contribution in [-0.2, 0) is 41.7 Å². The molecule has 0 saturated carbocycles. The van der Waals surface area contributed by atoms with Crippen molar-refractivity contribution in [1.82, 2.24) is 15.1 Å². The molecule has 2 aliphatic heterocycles. The van der Waals surface area contributed by atoms with E-state index in [2.05, 4.69) is 10.6 Å². The van der Waals surface area contributed by atoms with Crippen LogP contribution in [0, 0.1) is 0 Å². The van der Waals surface area contributed by atoms with Crippen molar-refractivity contribution in [3.8, 4) is 0 Å². The number of benzene rings is 2. The largest absolute Gasteiger partial charge is 0.444 e. The third-order valence-electron chi connectivity index (χ3n) is 9.05. The topological polar surface area (TPSA) is 207 Å². The lowest BCUT2D eigenvalue weighted by Crippen LogP contribution is -2.57. The number of nitrogens with two attached hydrogens (primary N) is 1. The number of anilines is 2. The van der Waals surface area contributed by atoms with Gasteiger partial charge in [0.1, 0.15) is 23.9 Å². The highest BCUT2D eigenvalue weighted by Gasteiger charge is 2.47. The number of imide groups is 3. The van der Waals surface area contributed by atoms with Gasteiger partial charge in [-0.3, -0.25) is 24.1 Å². The molecule has 310 valence electrons. The highest BCUT2D eigenvalue weighted by atomic mass is 16.6. The normalized spacial score (nSPS) is 16.1. The molecule has 2 atom stereocenters. The summed E-state index contributed by atoms with van der Waals surface area (Å²) < 4.78 is 16.4. The first-order valence-corrected chi connectivity index (χ1v) is 19.3. The quantitative estimate of drug-likeness (QED) is 0.115. The fraction of sp³-hybridized carbons (Fsp3) is 0.537. The Labute approximate surface area is 333 Å². The average molecular weight is 793 g/mol. The Bertz CT molecular complexity index is 1820. The number of rotatable bonds is 14. The lowest BCUT2D eigenvalue weighted by atomic mass is 10.0. The highest BCUT2D eigenvalue weighted by Crippen LogP contribution is 2.36. The van der Waals surface area contributed by atoms with Gasteiger partial charge in [-0.1, -0.05) is 37.5 Å². The number of nitrogens with zero attached hydrogens (tertiary/aromatic N) is 3. The molecule has 0 aliphatic carbocycles. The maximum atomic E-state index is 13.9. The molecule has 4 N–H and O–H groups in total. The molecule has 16 heteroatoms. The Balaban J connectivity index is 1.48. The summed E-state index contributed by atoms with van der Waals surface area (Å²) in [7, 11) is 0. The number of alkyl carbamates (subject to hydrolysis) is 1. The van der Waals surface area contributed by atoms with E-state index >= 15 is 0 Å². The van der Waals surface area contributed by atoms with Gasteiger partial charge in [0, 0.05) is 42.9 Å². The summed E-state index contributed by atoms with van der Waals surface area (Å²) in [5.41, 5.74) is 6.55. The van der Waals surface area contributed by atoms with Crippen molar-refractivity contribution in [3.63, 3.8) is 0 Å². The predicted octanol–water partition coefficient (Wildman–Crippen LogP) is 6.00. The van der Waals surface area contributed by atoms with Gasteiger partial charge in [-0.2, -0.15) is 4.90 Å². The number of fused-ring (bicyclic) bond motifs is 1. The van der Waals surface area contributed by atoms with Gasteiger partial charge in [0.15, 0.2) is 0 Å². The monoisotopic (exact) mass is 792 g/mol. The summed E-state index contributed by atoms with van der Waals surface area (Å²) in [5, 5.41) is 5.46. The summed E-state index contributed by atoms with van der Waals surface area (Å²) in [5.74, 6) is -2.35. The second kappa shape index (κ2) is 19.1. The number of carbonyl (C=O) groups is 7. The van der Waals surface area contributed by atoms with E-state index in [1.807, 2.05) is 0 Å². The van der Waals surface area contributed by atoms with Crippen LogP contribution in [0.3, 0.4) is 0 Å². The molecule has 1 saturated heterocycles. The van der Waals surface area contributed by atoms with E-state index in [1.165, 1.54) is 9.80 Å². The molecule has 0 aromatic heterocycles. The Morgan fingerprint density at radius 3 is 2.19 bits per heavy atom. The predicted molar refractivity (Wildman–Crippen MR) is 211 cm³/mol. The smallest absolute Gasteiger partial charge is 0.424 e. The molecule has 7 amide bonds. The summed E-state index contributed by atoms with van der Waals surface area (Å²) >= 11 is 0. The van der Waals surface area contributed by atoms with Crippen molar-refractivity contribution in [1.29, 1.82) is 0 Å². The van der Waals surface area contributed by atoms with E-state index < -0.39 is 59.3 Å². The number of piperidine rings is 1. The fourth-order valence-electron chi connectivity index (χ4n) is 6.30. The number of likely N-dealkylation sites (tertiary alicyclic amines) is 1. The summed E-state index contributed by atoms with van der Waals surface area (Å²) in [6, 6.07) is 10.00. The van der Waals surface area contributed by atoms with Crippen LogP contribution in [0.1, 0.15) is 115 Å². The van der Waals surface area contributed by atoms with Crippen molar-refractivity contribution in [2.24, 2.45) is 5.73 Å². The Kier molecular flexibility index (Phi) is 14.8. The van der Waals surface area contributed by atoms with Crippen LogP contribution in [0.5, 0.6) is 0 Å². The van der Waals surface area contributed by atoms with E-state index in [0.717, 1.165) is 25.7 Å². The van der Waals surface area contributed by atoms with Crippen LogP contribution in [0.25, 0.3) is 0 Å². The van der Waals surface area contributed by atoms with Crippen molar-refractivity contribution in [2.75, 3.05) is 23.3 Å². The molecule has 57 heavy (non-hydrogen) atoms. The third-order valence-corrected chi connectivity index (χ3v) is 9.05. The number of hydrogen-bond donors (Lipinski definition) is 3. The lowest BCUT2D eigenvalue weighted by molar-refractivity contribution is -0.150. The first-order chi connectivity index (χ1) is 26.8. The number of nitrogens with one attached hydrogen (secondary N) is 2. The Hall–Kier alpha value is -5.51. The zero-order valence-corrected chi connectivity index (χ0v) is 34.0. The van der Waals surface area contributed by atoms with Crippen LogP contribution in [0.4, 0.5) is 25.8 Å². The first kappa shape index (κ1) is 44.2. The minimum Gasteiger partial charge on any atom is -0.444 e. The Morgan fingerprint density at radius 1 is 0.895 bits per heavy atom. The van der Waals surface area contributed by atoms with Crippen LogP contribution >= 0.6 is 0 Å². The molecule has 0 spiro atoms. The van der Waals surface area contributed by atoms with Crippen molar-refractivity contribution in [3.05, 3.63) is 59.2 Å². The number of carbonyl (C=O) groups excluding carboxylic acids is 7. The molecule has 2 heterocycles.